The Morgan fingerprint density at radius 3 is 2.58 bits per heavy atom. The number of carboxylic acid groups (broad SMARTS) is 1. The first-order valence-electron chi connectivity index (χ1n) is 8.60. The van der Waals surface area contributed by atoms with Gasteiger partial charge >= 0.3 is 5.97 Å². The van der Waals surface area contributed by atoms with Crippen LogP contribution < -0.4 is 0 Å². The summed E-state index contributed by atoms with van der Waals surface area (Å²) in [5.74, 6) is 16.8. The van der Waals surface area contributed by atoms with Crippen LogP contribution in [0.25, 0.3) is 0 Å². The third-order valence-corrected chi connectivity index (χ3v) is 3.51. The SMILES string of the molecule is CCCCCC#CCC#C[C@H](O)[C@@H]1O[C@H]1CC#CCCCC(=O)O. The van der Waals surface area contributed by atoms with Gasteiger partial charge in [-0.1, -0.05) is 37.5 Å². The van der Waals surface area contributed by atoms with Crippen LogP contribution in [0.4, 0.5) is 0 Å². The minimum atomic E-state index is -0.797. The maximum Gasteiger partial charge on any atom is 0.303 e. The molecule has 0 spiro atoms. The summed E-state index contributed by atoms with van der Waals surface area (Å²) in [6.45, 7) is 2.17. The largest absolute Gasteiger partial charge is 0.481 e. The van der Waals surface area contributed by atoms with E-state index in [1.807, 2.05) is 0 Å². The van der Waals surface area contributed by atoms with E-state index in [0.717, 1.165) is 12.8 Å². The Morgan fingerprint density at radius 2 is 1.83 bits per heavy atom. The van der Waals surface area contributed by atoms with Crippen molar-refractivity contribution < 1.29 is 19.7 Å². The van der Waals surface area contributed by atoms with Crippen molar-refractivity contribution >= 4 is 5.97 Å². The molecule has 4 heteroatoms. The monoisotopic (exact) mass is 330 g/mol. The standard InChI is InChI=1S/C20H26O4/c1-2-3-4-5-6-7-8-11-14-17(21)20-18(24-20)15-12-9-10-13-16-19(22)23/h17-18,20-21H,2-5,8,10,13,15-16H2,1H3,(H,22,23)/t17-,18-,20-/m0/s1. The summed E-state index contributed by atoms with van der Waals surface area (Å²) < 4.78 is 5.36. The molecule has 1 heterocycles. The van der Waals surface area contributed by atoms with Gasteiger partial charge in [0.1, 0.15) is 12.2 Å². The summed E-state index contributed by atoms with van der Waals surface area (Å²) >= 11 is 0. The van der Waals surface area contributed by atoms with Gasteiger partial charge in [0.25, 0.3) is 0 Å². The number of aliphatic hydroxyl groups is 1. The lowest BCUT2D eigenvalue weighted by Crippen LogP contribution is -2.14. The molecule has 1 fully saturated rings. The van der Waals surface area contributed by atoms with E-state index >= 15 is 0 Å². The predicted molar refractivity (Wildman–Crippen MR) is 92.9 cm³/mol. The van der Waals surface area contributed by atoms with E-state index in [4.69, 9.17) is 9.84 Å². The summed E-state index contributed by atoms with van der Waals surface area (Å²) in [5, 5.41) is 18.4. The number of aliphatic hydroxyl groups excluding tert-OH is 1. The number of unbranched alkanes of at least 4 members (excludes halogenated alkanes) is 4. The quantitative estimate of drug-likeness (QED) is 0.408. The molecule has 4 nitrogen and oxygen atoms in total. The van der Waals surface area contributed by atoms with Gasteiger partial charge in [0, 0.05) is 25.7 Å². The van der Waals surface area contributed by atoms with Crippen LogP contribution in [0.1, 0.15) is 64.7 Å². The lowest BCUT2D eigenvalue weighted by atomic mass is 10.1. The molecule has 0 amide bonds. The van der Waals surface area contributed by atoms with Crippen LogP contribution in [0.5, 0.6) is 0 Å². The summed E-state index contributed by atoms with van der Waals surface area (Å²) in [6.07, 6.45) is 5.64. The maximum absolute atomic E-state index is 10.3. The predicted octanol–water partition coefficient (Wildman–Crippen LogP) is 2.74. The van der Waals surface area contributed by atoms with Gasteiger partial charge < -0.3 is 14.9 Å². The van der Waals surface area contributed by atoms with Crippen molar-refractivity contribution in [3.05, 3.63) is 0 Å². The minimum Gasteiger partial charge on any atom is -0.481 e. The average molecular weight is 330 g/mol. The van der Waals surface area contributed by atoms with E-state index < -0.39 is 12.1 Å². The molecule has 0 bridgehead atoms. The number of hydrogen-bond acceptors (Lipinski definition) is 3. The van der Waals surface area contributed by atoms with Gasteiger partial charge in [-0.15, -0.1) is 17.8 Å². The molecule has 0 aliphatic carbocycles. The van der Waals surface area contributed by atoms with Crippen LogP contribution in [-0.4, -0.2) is 34.5 Å². The molecule has 0 aromatic carbocycles. The Balaban J connectivity index is 2.12. The Kier molecular flexibility index (Phi) is 10.5. The normalized spacial score (nSPS) is 18.9. The third-order valence-electron chi connectivity index (χ3n) is 3.51. The fraction of sp³-hybridized carbons (Fsp3) is 0.650. The van der Waals surface area contributed by atoms with Gasteiger partial charge in [-0.25, -0.2) is 0 Å². The van der Waals surface area contributed by atoms with E-state index in [9.17, 15) is 9.90 Å². The second kappa shape index (κ2) is 12.5. The van der Waals surface area contributed by atoms with E-state index in [0.29, 0.717) is 25.7 Å². The molecular formula is C20H26O4. The average Bonchev–Trinajstić information content (AvgIpc) is 3.32. The topological polar surface area (TPSA) is 70.1 Å². The van der Waals surface area contributed by atoms with Crippen LogP contribution >= 0.6 is 0 Å². The van der Waals surface area contributed by atoms with Crippen LogP contribution in [0, 0.1) is 35.5 Å². The fourth-order valence-corrected chi connectivity index (χ4v) is 2.08. The highest BCUT2D eigenvalue weighted by molar-refractivity contribution is 5.66. The van der Waals surface area contributed by atoms with E-state index in [-0.39, 0.29) is 18.6 Å². The zero-order valence-electron chi connectivity index (χ0n) is 14.3. The number of hydrogen-bond donors (Lipinski definition) is 2. The van der Waals surface area contributed by atoms with Crippen molar-refractivity contribution in [1.82, 2.24) is 0 Å². The van der Waals surface area contributed by atoms with Crippen molar-refractivity contribution in [2.75, 3.05) is 0 Å². The molecule has 1 rings (SSSR count). The van der Waals surface area contributed by atoms with Gasteiger partial charge in [-0.05, 0) is 12.8 Å². The minimum absolute atomic E-state index is 0.0681. The number of carbonyl (C=O) groups is 1. The first-order chi connectivity index (χ1) is 11.6. The first kappa shape index (κ1) is 20.1. The number of carboxylic acids is 1. The Morgan fingerprint density at radius 1 is 1.08 bits per heavy atom. The molecule has 1 aliphatic heterocycles. The van der Waals surface area contributed by atoms with Gasteiger partial charge in [-0.2, -0.15) is 0 Å². The zero-order chi connectivity index (χ0) is 17.6. The van der Waals surface area contributed by atoms with Crippen LogP contribution in [0.3, 0.4) is 0 Å². The molecule has 130 valence electrons. The number of ether oxygens (including phenoxy) is 1. The van der Waals surface area contributed by atoms with Crippen molar-refractivity contribution in [2.45, 2.75) is 83.0 Å². The lowest BCUT2D eigenvalue weighted by molar-refractivity contribution is -0.137. The highest BCUT2D eigenvalue weighted by atomic mass is 16.6. The lowest BCUT2D eigenvalue weighted by Gasteiger charge is -1.94. The van der Waals surface area contributed by atoms with Gasteiger partial charge in [-0.3, -0.25) is 4.79 Å². The molecule has 1 aliphatic rings. The molecule has 1 saturated heterocycles. The summed E-state index contributed by atoms with van der Waals surface area (Å²) in [7, 11) is 0. The summed E-state index contributed by atoms with van der Waals surface area (Å²) in [5.41, 5.74) is 0. The second-order valence-corrected chi connectivity index (χ2v) is 5.70. The van der Waals surface area contributed by atoms with Crippen LogP contribution in [-0.2, 0) is 9.53 Å². The highest BCUT2D eigenvalue weighted by Gasteiger charge is 2.43. The highest BCUT2D eigenvalue weighted by Crippen LogP contribution is 2.27. The van der Waals surface area contributed by atoms with E-state index in [1.165, 1.54) is 12.8 Å². The summed E-state index contributed by atoms with van der Waals surface area (Å²) in [4.78, 5) is 10.3. The molecule has 2 N–H and O–H groups in total. The molecule has 0 aromatic heterocycles. The first-order valence-corrected chi connectivity index (χ1v) is 8.60. The van der Waals surface area contributed by atoms with E-state index in [1.54, 1.807) is 0 Å². The Bertz CT molecular complexity index is 562. The number of epoxide rings is 1. The molecule has 0 saturated carbocycles. The molecule has 24 heavy (non-hydrogen) atoms. The molecular weight excluding hydrogens is 304 g/mol. The van der Waals surface area contributed by atoms with Gasteiger partial charge in [0.05, 0.1) is 12.5 Å². The molecule has 0 radical (unpaired) electrons. The third kappa shape index (κ3) is 9.96. The second-order valence-electron chi connectivity index (χ2n) is 5.70. The molecule has 3 atom stereocenters. The van der Waals surface area contributed by atoms with Crippen molar-refractivity contribution in [3.8, 4) is 35.5 Å². The number of aliphatic carboxylic acids is 1. The van der Waals surface area contributed by atoms with Gasteiger partial charge in [0.2, 0.25) is 0 Å². The van der Waals surface area contributed by atoms with Crippen LogP contribution in [0.15, 0.2) is 0 Å². The summed E-state index contributed by atoms with van der Waals surface area (Å²) in [6, 6.07) is 0. The fourth-order valence-electron chi connectivity index (χ4n) is 2.08. The van der Waals surface area contributed by atoms with E-state index in [2.05, 4.69) is 42.4 Å². The van der Waals surface area contributed by atoms with Crippen molar-refractivity contribution in [2.24, 2.45) is 0 Å². The van der Waals surface area contributed by atoms with Crippen molar-refractivity contribution in [3.63, 3.8) is 0 Å². The smallest absolute Gasteiger partial charge is 0.303 e. The molecule has 0 unspecified atom stereocenters. The van der Waals surface area contributed by atoms with Gasteiger partial charge in [0.15, 0.2) is 0 Å². The Hall–Kier alpha value is -1.93. The van der Waals surface area contributed by atoms with Crippen LogP contribution in [0.2, 0.25) is 0 Å². The number of rotatable bonds is 8. The maximum atomic E-state index is 10.3. The Labute approximate surface area is 145 Å². The molecule has 0 aromatic rings. The van der Waals surface area contributed by atoms with Crippen molar-refractivity contribution in [1.29, 1.82) is 0 Å². The zero-order valence-corrected chi connectivity index (χ0v) is 14.3.